The number of rotatable bonds is 4. The van der Waals surface area contributed by atoms with E-state index in [0.717, 1.165) is 35.8 Å². The number of hydrogen-bond acceptors (Lipinski definition) is 6. The highest BCUT2D eigenvalue weighted by Gasteiger charge is 2.22. The minimum atomic E-state index is -4.24. The van der Waals surface area contributed by atoms with Crippen molar-refractivity contribution in [2.45, 2.75) is 9.79 Å². The first-order valence-electron chi connectivity index (χ1n) is 5.12. The second-order valence-corrected chi connectivity index (χ2v) is 8.37. The fourth-order valence-corrected chi connectivity index (χ4v) is 3.98. The van der Waals surface area contributed by atoms with Crippen molar-refractivity contribution in [3.63, 3.8) is 0 Å². The summed E-state index contributed by atoms with van der Waals surface area (Å²) in [4.78, 5) is 2.70. The number of sulfone groups is 1. The van der Waals surface area contributed by atoms with Crippen LogP contribution in [0.25, 0.3) is 0 Å². The van der Waals surface area contributed by atoms with E-state index in [1.54, 1.807) is 5.38 Å². The maximum absolute atomic E-state index is 13.7. The number of halogens is 1. The SMILES string of the molecule is CS(=O)(=O)c1ccc(F)c(S(=O)(=O)Nc2nccs2)c1. The number of hydrogen-bond donors (Lipinski definition) is 1. The van der Waals surface area contributed by atoms with Crippen LogP contribution in [0.15, 0.2) is 39.6 Å². The predicted molar refractivity (Wildman–Crippen MR) is 72.4 cm³/mol. The van der Waals surface area contributed by atoms with E-state index in [2.05, 4.69) is 9.71 Å². The molecule has 1 heterocycles. The van der Waals surface area contributed by atoms with Gasteiger partial charge in [-0.25, -0.2) is 26.2 Å². The van der Waals surface area contributed by atoms with Crippen molar-refractivity contribution in [2.24, 2.45) is 0 Å². The van der Waals surface area contributed by atoms with Gasteiger partial charge >= 0.3 is 0 Å². The van der Waals surface area contributed by atoms with Crippen LogP contribution in [0.2, 0.25) is 0 Å². The number of sulfonamides is 1. The first-order chi connectivity index (χ1) is 9.20. The van der Waals surface area contributed by atoms with Crippen LogP contribution < -0.4 is 4.72 Å². The average Bonchev–Trinajstić information content (AvgIpc) is 2.79. The van der Waals surface area contributed by atoms with Crippen molar-refractivity contribution in [1.82, 2.24) is 4.98 Å². The standard InChI is InChI=1S/C10H9FN2O4S3/c1-19(14,15)7-2-3-8(11)9(6-7)20(16,17)13-10-12-4-5-18-10/h2-6H,1H3,(H,12,13). The minimum Gasteiger partial charge on any atom is -0.255 e. The highest BCUT2D eigenvalue weighted by atomic mass is 32.2. The molecule has 2 rings (SSSR count). The van der Waals surface area contributed by atoms with Gasteiger partial charge in [-0.3, -0.25) is 4.72 Å². The van der Waals surface area contributed by atoms with Crippen molar-refractivity contribution in [1.29, 1.82) is 0 Å². The Morgan fingerprint density at radius 2 is 1.95 bits per heavy atom. The molecular formula is C10H9FN2O4S3. The zero-order valence-electron chi connectivity index (χ0n) is 10.1. The molecule has 1 aromatic heterocycles. The molecule has 0 aliphatic carbocycles. The molecule has 0 radical (unpaired) electrons. The van der Waals surface area contributed by atoms with Gasteiger partial charge in [0.2, 0.25) is 0 Å². The molecule has 0 atom stereocenters. The Bertz CT molecular complexity index is 829. The van der Waals surface area contributed by atoms with E-state index in [1.807, 2.05) is 0 Å². The predicted octanol–water partition coefficient (Wildman–Crippen LogP) is 1.49. The molecule has 6 nitrogen and oxygen atoms in total. The third kappa shape index (κ3) is 3.14. The molecule has 20 heavy (non-hydrogen) atoms. The zero-order chi connectivity index (χ0) is 15.0. The lowest BCUT2D eigenvalue weighted by Gasteiger charge is -2.07. The summed E-state index contributed by atoms with van der Waals surface area (Å²) in [5.74, 6) is -1.04. The Hall–Kier alpha value is -1.52. The monoisotopic (exact) mass is 336 g/mol. The highest BCUT2D eigenvalue weighted by Crippen LogP contribution is 2.23. The molecule has 0 aliphatic rings. The van der Waals surface area contributed by atoms with Gasteiger partial charge in [-0.2, -0.15) is 0 Å². The van der Waals surface area contributed by atoms with Crippen molar-refractivity contribution >= 4 is 36.3 Å². The second-order valence-electron chi connectivity index (χ2n) is 3.81. The Kier molecular flexibility index (Phi) is 3.80. The van der Waals surface area contributed by atoms with Crippen LogP contribution in [0.5, 0.6) is 0 Å². The summed E-state index contributed by atoms with van der Waals surface area (Å²) in [7, 11) is -7.87. The summed E-state index contributed by atoms with van der Waals surface area (Å²) in [6.45, 7) is 0. The van der Waals surface area contributed by atoms with Crippen molar-refractivity contribution < 1.29 is 21.2 Å². The third-order valence-electron chi connectivity index (χ3n) is 2.27. The fraction of sp³-hybridized carbons (Fsp3) is 0.100. The zero-order valence-corrected chi connectivity index (χ0v) is 12.5. The smallest absolute Gasteiger partial charge is 0.255 e. The first kappa shape index (κ1) is 14.9. The van der Waals surface area contributed by atoms with Gasteiger partial charge in [-0.05, 0) is 18.2 Å². The molecule has 0 fully saturated rings. The summed E-state index contributed by atoms with van der Waals surface area (Å²) < 4.78 is 62.6. The van der Waals surface area contributed by atoms with Gasteiger partial charge < -0.3 is 0 Å². The first-order valence-corrected chi connectivity index (χ1v) is 9.37. The molecule has 0 unspecified atom stereocenters. The van der Waals surface area contributed by atoms with Gasteiger partial charge in [-0.15, -0.1) is 11.3 Å². The number of thiazole rings is 1. The molecule has 0 spiro atoms. The van der Waals surface area contributed by atoms with Gasteiger partial charge in [0.25, 0.3) is 10.0 Å². The third-order valence-corrected chi connectivity index (χ3v) is 5.56. The second kappa shape index (κ2) is 5.11. The quantitative estimate of drug-likeness (QED) is 0.854. The van der Waals surface area contributed by atoms with E-state index < -0.39 is 30.6 Å². The number of nitrogens with zero attached hydrogens (tertiary/aromatic N) is 1. The molecule has 1 aromatic carbocycles. The van der Waals surface area contributed by atoms with Crippen LogP contribution in [-0.4, -0.2) is 28.1 Å². The van der Waals surface area contributed by atoms with Gasteiger partial charge in [0.1, 0.15) is 10.7 Å². The summed E-state index contributed by atoms with van der Waals surface area (Å²) in [5, 5.41) is 1.61. The van der Waals surface area contributed by atoms with Gasteiger partial charge in [0, 0.05) is 17.8 Å². The largest absolute Gasteiger partial charge is 0.266 e. The van der Waals surface area contributed by atoms with Gasteiger partial charge in [-0.1, -0.05) is 0 Å². The molecule has 0 amide bonds. The van der Waals surface area contributed by atoms with Crippen LogP contribution in [0.1, 0.15) is 0 Å². The maximum Gasteiger partial charge on any atom is 0.266 e. The maximum atomic E-state index is 13.7. The van der Waals surface area contributed by atoms with Crippen LogP contribution in [0, 0.1) is 5.82 Å². The average molecular weight is 336 g/mol. The molecule has 0 bridgehead atoms. The van der Waals surface area contributed by atoms with E-state index in [-0.39, 0.29) is 10.0 Å². The highest BCUT2D eigenvalue weighted by molar-refractivity contribution is 7.93. The van der Waals surface area contributed by atoms with Crippen LogP contribution in [0.3, 0.4) is 0 Å². The lowest BCUT2D eigenvalue weighted by molar-refractivity contribution is 0.567. The fourth-order valence-electron chi connectivity index (χ4n) is 1.36. The normalized spacial score (nSPS) is 12.3. The number of aromatic nitrogens is 1. The van der Waals surface area contributed by atoms with E-state index in [4.69, 9.17) is 0 Å². The van der Waals surface area contributed by atoms with Gasteiger partial charge in [0.15, 0.2) is 15.0 Å². The molecule has 0 saturated heterocycles. The molecule has 108 valence electrons. The molecule has 10 heteroatoms. The summed E-state index contributed by atoms with van der Waals surface area (Å²) in [6.07, 6.45) is 2.29. The molecule has 0 aliphatic heterocycles. The number of anilines is 1. The van der Waals surface area contributed by atoms with Crippen LogP contribution >= 0.6 is 11.3 Å². The number of nitrogens with one attached hydrogen (secondary N) is 1. The van der Waals surface area contributed by atoms with Crippen molar-refractivity contribution in [3.05, 3.63) is 35.6 Å². The van der Waals surface area contributed by atoms with Crippen LogP contribution in [-0.2, 0) is 19.9 Å². The lowest BCUT2D eigenvalue weighted by atomic mass is 10.3. The Labute approximate surface area is 119 Å². The van der Waals surface area contributed by atoms with E-state index in [9.17, 15) is 21.2 Å². The summed E-state index contributed by atoms with van der Waals surface area (Å²) >= 11 is 1.02. The Balaban J connectivity index is 2.51. The Morgan fingerprint density at radius 1 is 1.25 bits per heavy atom. The lowest BCUT2D eigenvalue weighted by Crippen LogP contribution is -2.15. The van der Waals surface area contributed by atoms with E-state index in [1.165, 1.54) is 6.20 Å². The summed E-state index contributed by atoms with van der Waals surface area (Å²) in [6, 6.07) is 2.58. The molecule has 2 aromatic rings. The van der Waals surface area contributed by atoms with Crippen molar-refractivity contribution in [3.8, 4) is 0 Å². The van der Waals surface area contributed by atoms with Gasteiger partial charge in [0.05, 0.1) is 4.90 Å². The minimum absolute atomic E-state index is 0.0640. The van der Waals surface area contributed by atoms with Crippen LogP contribution in [0.4, 0.5) is 9.52 Å². The molecule has 0 saturated carbocycles. The molecule has 1 N–H and O–H groups in total. The number of benzene rings is 1. The topological polar surface area (TPSA) is 93.2 Å². The van der Waals surface area contributed by atoms with E-state index >= 15 is 0 Å². The molecular weight excluding hydrogens is 327 g/mol. The summed E-state index contributed by atoms with van der Waals surface area (Å²) in [5.41, 5.74) is 0. The van der Waals surface area contributed by atoms with E-state index in [0.29, 0.717) is 0 Å². The Morgan fingerprint density at radius 3 is 2.50 bits per heavy atom. The van der Waals surface area contributed by atoms with Crippen molar-refractivity contribution in [2.75, 3.05) is 11.0 Å².